The Morgan fingerprint density at radius 2 is 1.85 bits per heavy atom. The molecule has 0 saturated heterocycles. The van der Waals surface area contributed by atoms with Gasteiger partial charge in [-0.1, -0.05) is 55.5 Å². The summed E-state index contributed by atoms with van der Waals surface area (Å²) in [4.78, 5) is 12.4. The van der Waals surface area contributed by atoms with Crippen LogP contribution < -0.4 is 5.73 Å². The fraction of sp³-hybridized carbons (Fsp3) is 0.562. The van der Waals surface area contributed by atoms with Crippen molar-refractivity contribution < 1.29 is 9.53 Å². The fourth-order valence-electron chi connectivity index (χ4n) is 2.81. The van der Waals surface area contributed by atoms with Crippen LogP contribution in [0.4, 0.5) is 0 Å². The molecule has 1 aliphatic rings. The van der Waals surface area contributed by atoms with Crippen molar-refractivity contribution >= 4 is 17.6 Å². The van der Waals surface area contributed by atoms with E-state index in [9.17, 15) is 4.79 Å². The molecule has 110 valence electrons. The molecule has 1 fully saturated rings. The molecule has 4 heteroatoms. The number of rotatable bonds is 4. The van der Waals surface area contributed by atoms with Crippen LogP contribution in [-0.2, 0) is 16.1 Å². The predicted molar refractivity (Wildman–Crippen MR) is 80.4 cm³/mol. The summed E-state index contributed by atoms with van der Waals surface area (Å²) in [6, 6.07) is 7.42. The van der Waals surface area contributed by atoms with Gasteiger partial charge in [0.2, 0.25) is 0 Å². The quantitative estimate of drug-likeness (QED) is 0.681. The van der Waals surface area contributed by atoms with E-state index in [-0.39, 0.29) is 12.6 Å². The average molecular weight is 296 g/mol. The Kier molecular flexibility index (Phi) is 5.44. The van der Waals surface area contributed by atoms with Gasteiger partial charge >= 0.3 is 5.97 Å². The Labute approximate surface area is 125 Å². The van der Waals surface area contributed by atoms with Gasteiger partial charge < -0.3 is 10.5 Å². The Hall–Kier alpha value is -1.06. The van der Waals surface area contributed by atoms with Gasteiger partial charge in [0.05, 0.1) is 5.41 Å². The second kappa shape index (κ2) is 7.09. The predicted octanol–water partition coefficient (Wildman–Crippen LogP) is 3.68. The van der Waals surface area contributed by atoms with Gasteiger partial charge in [0.15, 0.2) is 0 Å². The third kappa shape index (κ3) is 3.53. The standard InChI is InChI=1S/C16H22ClNO2/c17-14-8-4-3-7-13(14)11-20-15(19)16(12-18)9-5-1-2-6-10-16/h3-4,7-8H,1-2,5-6,9-12,18H2. The summed E-state index contributed by atoms with van der Waals surface area (Å²) in [5, 5.41) is 0.628. The number of carbonyl (C=O) groups excluding carboxylic acids is 1. The fourth-order valence-corrected chi connectivity index (χ4v) is 3.00. The maximum Gasteiger partial charge on any atom is 0.313 e. The number of hydrogen-bond acceptors (Lipinski definition) is 3. The van der Waals surface area contributed by atoms with Crippen LogP contribution >= 0.6 is 11.6 Å². The lowest BCUT2D eigenvalue weighted by atomic mass is 9.80. The van der Waals surface area contributed by atoms with Gasteiger partial charge in [-0.25, -0.2) is 0 Å². The Balaban J connectivity index is 2.00. The van der Waals surface area contributed by atoms with E-state index in [2.05, 4.69) is 0 Å². The van der Waals surface area contributed by atoms with Crippen molar-refractivity contribution in [3.63, 3.8) is 0 Å². The molecule has 0 unspecified atom stereocenters. The highest BCUT2D eigenvalue weighted by molar-refractivity contribution is 6.31. The summed E-state index contributed by atoms with van der Waals surface area (Å²) in [5.41, 5.74) is 6.23. The second-order valence-corrected chi connectivity index (χ2v) is 5.97. The number of halogens is 1. The third-order valence-corrected chi connectivity index (χ3v) is 4.57. The van der Waals surface area contributed by atoms with E-state index in [0.29, 0.717) is 11.6 Å². The molecule has 1 saturated carbocycles. The first-order valence-electron chi connectivity index (χ1n) is 7.29. The zero-order chi connectivity index (χ0) is 14.4. The van der Waals surface area contributed by atoms with Crippen molar-refractivity contribution in [3.8, 4) is 0 Å². The minimum absolute atomic E-state index is 0.165. The van der Waals surface area contributed by atoms with Gasteiger partial charge in [-0.3, -0.25) is 4.79 Å². The van der Waals surface area contributed by atoms with Crippen molar-refractivity contribution in [2.45, 2.75) is 45.1 Å². The van der Waals surface area contributed by atoms with E-state index < -0.39 is 5.41 Å². The number of esters is 1. The smallest absolute Gasteiger partial charge is 0.313 e. The first-order valence-corrected chi connectivity index (χ1v) is 7.66. The van der Waals surface area contributed by atoms with Crippen molar-refractivity contribution in [1.29, 1.82) is 0 Å². The van der Waals surface area contributed by atoms with Gasteiger partial charge in [-0.05, 0) is 18.9 Å². The molecule has 0 amide bonds. The summed E-state index contributed by atoms with van der Waals surface area (Å²) >= 11 is 6.07. The van der Waals surface area contributed by atoms with Crippen molar-refractivity contribution in [1.82, 2.24) is 0 Å². The SMILES string of the molecule is NCC1(C(=O)OCc2ccccc2Cl)CCCCCC1. The Morgan fingerprint density at radius 1 is 1.20 bits per heavy atom. The van der Waals surface area contributed by atoms with Crippen LogP contribution in [0.25, 0.3) is 0 Å². The number of ether oxygens (including phenoxy) is 1. The normalized spacial score (nSPS) is 18.3. The third-order valence-electron chi connectivity index (χ3n) is 4.20. The average Bonchev–Trinajstić information content (AvgIpc) is 2.72. The van der Waals surface area contributed by atoms with Crippen molar-refractivity contribution in [2.24, 2.45) is 11.1 Å². The van der Waals surface area contributed by atoms with E-state index in [1.54, 1.807) is 6.07 Å². The van der Waals surface area contributed by atoms with E-state index in [4.69, 9.17) is 22.1 Å². The molecular formula is C16H22ClNO2. The second-order valence-electron chi connectivity index (χ2n) is 5.57. The van der Waals surface area contributed by atoms with E-state index >= 15 is 0 Å². The molecule has 0 bridgehead atoms. The van der Waals surface area contributed by atoms with E-state index in [0.717, 1.165) is 31.2 Å². The van der Waals surface area contributed by atoms with Crippen molar-refractivity contribution in [3.05, 3.63) is 34.9 Å². The summed E-state index contributed by atoms with van der Waals surface area (Å²) in [5.74, 6) is -0.165. The van der Waals surface area contributed by atoms with Crippen LogP contribution in [0.3, 0.4) is 0 Å². The molecule has 1 aromatic carbocycles. The van der Waals surface area contributed by atoms with Gasteiger partial charge in [-0.2, -0.15) is 0 Å². The number of benzene rings is 1. The molecular weight excluding hydrogens is 274 g/mol. The molecule has 20 heavy (non-hydrogen) atoms. The summed E-state index contributed by atoms with van der Waals surface area (Å²) in [7, 11) is 0. The van der Waals surface area contributed by atoms with Gasteiger partial charge in [0.1, 0.15) is 6.61 Å². The minimum Gasteiger partial charge on any atom is -0.460 e. The first-order chi connectivity index (χ1) is 9.68. The minimum atomic E-state index is -0.488. The lowest BCUT2D eigenvalue weighted by Crippen LogP contribution is -2.39. The molecule has 0 aromatic heterocycles. The van der Waals surface area contributed by atoms with Crippen LogP contribution in [-0.4, -0.2) is 12.5 Å². The molecule has 0 atom stereocenters. The van der Waals surface area contributed by atoms with Crippen LogP contribution in [0, 0.1) is 5.41 Å². The van der Waals surface area contributed by atoms with E-state index in [1.807, 2.05) is 18.2 Å². The largest absolute Gasteiger partial charge is 0.460 e. The van der Waals surface area contributed by atoms with Gasteiger partial charge in [0.25, 0.3) is 0 Å². The van der Waals surface area contributed by atoms with Crippen LogP contribution in [0.5, 0.6) is 0 Å². The highest BCUT2D eigenvalue weighted by atomic mass is 35.5. The molecule has 0 radical (unpaired) electrons. The van der Waals surface area contributed by atoms with E-state index in [1.165, 1.54) is 12.8 Å². The molecule has 1 aromatic rings. The molecule has 0 spiro atoms. The van der Waals surface area contributed by atoms with Gasteiger partial charge in [0, 0.05) is 17.1 Å². The zero-order valence-electron chi connectivity index (χ0n) is 11.7. The highest BCUT2D eigenvalue weighted by Crippen LogP contribution is 2.35. The summed E-state index contributed by atoms with van der Waals surface area (Å²) in [6.07, 6.45) is 6.14. The molecule has 0 heterocycles. The molecule has 1 aliphatic carbocycles. The van der Waals surface area contributed by atoms with Crippen molar-refractivity contribution in [2.75, 3.05) is 6.54 Å². The maximum atomic E-state index is 12.4. The van der Waals surface area contributed by atoms with Crippen LogP contribution in [0.1, 0.15) is 44.1 Å². The first kappa shape index (κ1) is 15.3. The number of nitrogens with two attached hydrogens (primary N) is 1. The summed E-state index contributed by atoms with van der Waals surface area (Å²) in [6.45, 7) is 0.592. The highest BCUT2D eigenvalue weighted by Gasteiger charge is 2.38. The number of carbonyl (C=O) groups is 1. The Bertz CT molecular complexity index is 454. The molecule has 2 N–H and O–H groups in total. The van der Waals surface area contributed by atoms with Crippen LogP contribution in [0.2, 0.25) is 5.02 Å². The lowest BCUT2D eigenvalue weighted by molar-refractivity contribution is -0.157. The summed E-state index contributed by atoms with van der Waals surface area (Å²) < 4.78 is 5.49. The molecule has 0 aliphatic heterocycles. The molecule has 3 nitrogen and oxygen atoms in total. The van der Waals surface area contributed by atoms with Crippen LogP contribution in [0.15, 0.2) is 24.3 Å². The number of hydrogen-bond donors (Lipinski definition) is 1. The Morgan fingerprint density at radius 3 is 2.45 bits per heavy atom. The maximum absolute atomic E-state index is 12.4. The zero-order valence-corrected chi connectivity index (χ0v) is 12.5. The monoisotopic (exact) mass is 295 g/mol. The van der Waals surface area contributed by atoms with Gasteiger partial charge in [-0.15, -0.1) is 0 Å². The molecule has 2 rings (SSSR count). The topological polar surface area (TPSA) is 52.3 Å². The lowest BCUT2D eigenvalue weighted by Gasteiger charge is -2.28.